The normalized spacial score (nSPS) is 22.2. The SMILES string of the molecule is CCC(=O)N1CCc2cc(S(=O)(=O)N3CCCCC3C)ccc21. The smallest absolute Gasteiger partial charge is 0.243 e. The monoisotopic (exact) mass is 336 g/mol. The van der Waals surface area contributed by atoms with Crippen LogP contribution in [0.25, 0.3) is 0 Å². The van der Waals surface area contributed by atoms with Gasteiger partial charge in [-0.05, 0) is 49.9 Å². The molecule has 2 heterocycles. The first-order valence-electron chi connectivity index (χ1n) is 8.40. The molecule has 0 N–H and O–H groups in total. The van der Waals surface area contributed by atoms with Crippen LogP contribution in [0.1, 0.15) is 45.1 Å². The van der Waals surface area contributed by atoms with E-state index in [1.807, 2.05) is 13.8 Å². The van der Waals surface area contributed by atoms with Crippen LogP contribution in [0.2, 0.25) is 0 Å². The van der Waals surface area contributed by atoms with Gasteiger partial charge >= 0.3 is 0 Å². The first kappa shape index (κ1) is 16.5. The van der Waals surface area contributed by atoms with E-state index in [1.54, 1.807) is 27.4 Å². The Hall–Kier alpha value is -1.40. The highest BCUT2D eigenvalue weighted by Crippen LogP contribution is 2.33. The first-order valence-corrected chi connectivity index (χ1v) is 9.84. The molecule has 1 fully saturated rings. The second-order valence-corrected chi connectivity index (χ2v) is 8.29. The number of amides is 1. The summed E-state index contributed by atoms with van der Waals surface area (Å²) in [6, 6.07) is 5.25. The summed E-state index contributed by atoms with van der Waals surface area (Å²) < 4.78 is 27.5. The van der Waals surface area contributed by atoms with Gasteiger partial charge in [-0.1, -0.05) is 13.3 Å². The zero-order chi connectivity index (χ0) is 16.6. The third-order valence-electron chi connectivity index (χ3n) is 4.90. The number of hydrogen-bond acceptors (Lipinski definition) is 3. The van der Waals surface area contributed by atoms with Crippen LogP contribution in [0.15, 0.2) is 23.1 Å². The van der Waals surface area contributed by atoms with E-state index in [2.05, 4.69) is 0 Å². The van der Waals surface area contributed by atoms with Gasteiger partial charge in [0.05, 0.1) is 4.90 Å². The maximum absolute atomic E-state index is 12.9. The molecule has 3 rings (SSSR count). The van der Waals surface area contributed by atoms with Crippen LogP contribution in [-0.2, 0) is 21.2 Å². The molecule has 1 aromatic carbocycles. The lowest BCUT2D eigenvalue weighted by atomic mass is 10.1. The number of rotatable bonds is 3. The second kappa shape index (κ2) is 6.24. The van der Waals surface area contributed by atoms with E-state index in [9.17, 15) is 13.2 Å². The Balaban J connectivity index is 1.92. The maximum atomic E-state index is 12.9. The Morgan fingerprint density at radius 2 is 2.04 bits per heavy atom. The van der Waals surface area contributed by atoms with Gasteiger partial charge in [0.2, 0.25) is 15.9 Å². The molecule has 1 saturated heterocycles. The molecule has 0 aliphatic carbocycles. The van der Waals surface area contributed by atoms with Gasteiger partial charge in [-0.25, -0.2) is 8.42 Å². The Bertz CT molecular complexity index is 715. The summed E-state index contributed by atoms with van der Waals surface area (Å²) in [6.07, 6.45) is 4.12. The van der Waals surface area contributed by atoms with E-state index in [4.69, 9.17) is 0 Å². The minimum absolute atomic E-state index is 0.0557. The third kappa shape index (κ3) is 2.90. The molecule has 126 valence electrons. The molecule has 2 aliphatic rings. The predicted octanol–water partition coefficient (Wildman–Crippen LogP) is 2.55. The van der Waals surface area contributed by atoms with E-state index in [-0.39, 0.29) is 11.9 Å². The Labute approximate surface area is 138 Å². The van der Waals surface area contributed by atoms with Crippen LogP contribution >= 0.6 is 0 Å². The summed E-state index contributed by atoms with van der Waals surface area (Å²) in [5, 5.41) is 0. The van der Waals surface area contributed by atoms with Gasteiger partial charge < -0.3 is 4.90 Å². The van der Waals surface area contributed by atoms with E-state index in [0.717, 1.165) is 36.9 Å². The molecule has 0 radical (unpaired) electrons. The molecule has 1 aromatic rings. The summed E-state index contributed by atoms with van der Waals surface area (Å²) in [7, 11) is -3.45. The van der Waals surface area contributed by atoms with Crippen molar-refractivity contribution in [2.45, 2.75) is 56.9 Å². The molecule has 2 aliphatic heterocycles. The van der Waals surface area contributed by atoms with Gasteiger partial charge in [0.15, 0.2) is 0 Å². The van der Waals surface area contributed by atoms with Crippen molar-refractivity contribution < 1.29 is 13.2 Å². The Morgan fingerprint density at radius 3 is 2.74 bits per heavy atom. The molecular formula is C17H24N2O3S. The maximum Gasteiger partial charge on any atom is 0.243 e. The second-order valence-electron chi connectivity index (χ2n) is 6.40. The molecule has 6 heteroatoms. The third-order valence-corrected chi connectivity index (χ3v) is 6.91. The molecule has 1 amide bonds. The topological polar surface area (TPSA) is 57.7 Å². The van der Waals surface area contributed by atoms with Crippen LogP contribution in [0.3, 0.4) is 0 Å². The largest absolute Gasteiger partial charge is 0.312 e. The average molecular weight is 336 g/mol. The lowest BCUT2D eigenvalue weighted by Gasteiger charge is -2.32. The van der Waals surface area contributed by atoms with E-state index in [0.29, 0.717) is 24.4 Å². The van der Waals surface area contributed by atoms with Crippen molar-refractivity contribution in [3.8, 4) is 0 Å². The Morgan fingerprint density at radius 1 is 1.26 bits per heavy atom. The number of carbonyl (C=O) groups excluding carboxylic acids is 1. The highest BCUT2D eigenvalue weighted by Gasteiger charge is 2.32. The number of sulfonamides is 1. The highest BCUT2D eigenvalue weighted by molar-refractivity contribution is 7.89. The fourth-order valence-corrected chi connectivity index (χ4v) is 5.30. The Kier molecular flexibility index (Phi) is 4.47. The zero-order valence-electron chi connectivity index (χ0n) is 13.8. The van der Waals surface area contributed by atoms with Crippen molar-refractivity contribution in [2.24, 2.45) is 0 Å². The van der Waals surface area contributed by atoms with Gasteiger partial charge in [0, 0.05) is 31.2 Å². The standard InChI is InChI=1S/C17H24N2O3S/c1-3-17(20)18-11-9-14-12-15(7-8-16(14)18)23(21,22)19-10-5-4-6-13(19)2/h7-8,12-13H,3-6,9-11H2,1-2H3. The zero-order valence-corrected chi connectivity index (χ0v) is 14.6. The molecule has 0 saturated carbocycles. The molecule has 23 heavy (non-hydrogen) atoms. The van der Waals surface area contributed by atoms with Gasteiger partial charge in [-0.3, -0.25) is 4.79 Å². The summed E-state index contributed by atoms with van der Waals surface area (Å²) in [5.41, 5.74) is 1.82. The summed E-state index contributed by atoms with van der Waals surface area (Å²) in [4.78, 5) is 14.1. The quantitative estimate of drug-likeness (QED) is 0.852. The van der Waals surface area contributed by atoms with Gasteiger partial charge in [-0.2, -0.15) is 4.31 Å². The molecule has 5 nitrogen and oxygen atoms in total. The minimum atomic E-state index is -3.45. The number of carbonyl (C=O) groups is 1. The van der Waals surface area contributed by atoms with Crippen LogP contribution in [0.4, 0.5) is 5.69 Å². The van der Waals surface area contributed by atoms with Crippen molar-refractivity contribution in [1.29, 1.82) is 0 Å². The molecule has 1 atom stereocenters. The van der Waals surface area contributed by atoms with E-state index in [1.165, 1.54) is 0 Å². The predicted molar refractivity (Wildman–Crippen MR) is 90.0 cm³/mol. The van der Waals surface area contributed by atoms with Crippen LogP contribution in [-0.4, -0.2) is 37.8 Å². The van der Waals surface area contributed by atoms with Crippen LogP contribution < -0.4 is 4.90 Å². The number of benzene rings is 1. The average Bonchev–Trinajstić information content (AvgIpc) is 2.97. The van der Waals surface area contributed by atoms with Gasteiger partial charge in [0.25, 0.3) is 0 Å². The van der Waals surface area contributed by atoms with Gasteiger partial charge in [0.1, 0.15) is 0 Å². The van der Waals surface area contributed by atoms with Crippen molar-refractivity contribution in [3.63, 3.8) is 0 Å². The highest BCUT2D eigenvalue weighted by atomic mass is 32.2. The fraction of sp³-hybridized carbons (Fsp3) is 0.588. The molecule has 0 aromatic heterocycles. The lowest BCUT2D eigenvalue weighted by molar-refractivity contribution is -0.118. The molecule has 1 unspecified atom stereocenters. The van der Waals surface area contributed by atoms with Crippen molar-refractivity contribution in [1.82, 2.24) is 4.31 Å². The van der Waals surface area contributed by atoms with Crippen molar-refractivity contribution >= 4 is 21.6 Å². The fourth-order valence-electron chi connectivity index (χ4n) is 3.55. The summed E-state index contributed by atoms with van der Waals surface area (Å²) in [5.74, 6) is 0.0870. The molecule has 0 spiro atoms. The van der Waals surface area contributed by atoms with Crippen LogP contribution in [0.5, 0.6) is 0 Å². The number of nitrogens with zero attached hydrogens (tertiary/aromatic N) is 2. The number of fused-ring (bicyclic) bond motifs is 1. The van der Waals surface area contributed by atoms with Gasteiger partial charge in [-0.15, -0.1) is 0 Å². The first-order chi connectivity index (χ1) is 10.9. The summed E-state index contributed by atoms with van der Waals surface area (Å²) in [6.45, 7) is 5.06. The summed E-state index contributed by atoms with van der Waals surface area (Å²) >= 11 is 0. The number of anilines is 1. The van der Waals surface area contributed by atoms with E-state index >= 15 is 0 Å². The lowest BCUT2D eigenvalue weighted by Crippen LogP contribution is -2.41. The number of piperidine rings is 1. The van der Waals surface area contributed by atoms with Crippen LogP contribution in [0, 0.1) is 0 Å². The van der Waals surface area contributed by atoms with Crippen molar-refractivity contribution in [3.05, 3.63) is 23.8 Å². The van der Waals surface area contributed by atoms with E-state index < -0.39 is 10.0 Å². The minimum Gasteiger partial charge on any atom is -0.312 e. The molecule has 0 bridgehead atoms. The van der Waals surface area contributed by atoms with Crippen molar-refractivity contribution in [2.75, 3.05) is 18.0 Å². The number of hydrogen-bond donors (Lipinski definition) is 0. The molecular weight excluding hydrogens is 312 g/mol.